The van der Waals surface area contributed by atoms with Crippen molar-refractivity contribution >= 4 is 70.0 Å². The average molecular weight is 1240 g/mol. The van der Waals surface area contributed by atoms with Gasteiger partial charge < -0.3 is 23.7 Å². The normalized spacial score (nSPS) is 16.5. The highest BCUT2D eigenvalue weighted by molar-refractivity contribution is 8.01. The van der Waals surface area contributed by atoms with Gasteiger partial charge in [-0.25, -0.2) is 0 Å². The summed E-state index contributed by atoms with van der Waals surface area (Å²) in [4.78, 5) is 72.8. The van der Waals surface area contributed by atoms with E-state index in [9.17, 15) is 81.5 Å². The van der Waals surface area contributed by atoms with Crippen LogP contribution in [0, 0.1) is 6.92 Å². The Morgan fingerprint density at radius 2 is 0.726 bits per heavy atom. The first-order valence-electron chi connectivity index (χ1n) is 24.2. The molecule has 0 aliphatic carbocycles. The number of rotatable bonds is 17. The third kappa shape index (κ3) is 15.3. The molecule has 0 fully saturated rings. The molecule has 0 atom stereocenters. The predicted molar refractivity (Wildman–Crippen MR) is 286 cm³/mol. The van der Waals surface area contributed by atoms with Crippen molar-refractivity contribution in [1.29, 1.82) is 0 Å². The van der Waals surface area contributed by atoms with E-state index in [4.69, 9.17) is 9.47 Å². The van der Waals surface area contributed by atoms with Crippen molar-refractivity contribution in [2.45, 2.75) is 102 Å². The third-order valence-electron chi connectivity index (χ3n) is 12.2. The zero-order valence-electron chi connectivity index (χ0n) is 43.1. The Morgan fingerprint density at radius 3 is 1.10 bits per heavy atom. The topological polar surface area (TPSA) is 149 Å². The fourth-order valence-corrected chi connectivity index (χ4v) is 10.2. The summed E-state index contributed by atoms with van der Waals surface area (Å²) < 4.78 is 182. The number of carbonyl (C=O) groups is 6. The van der Waals surface area contributed by atoms with Gasteiger partial charge in [0.25, 0.3) is 0 Å². The van der Waals surface area contributed by atoms with Crippen LogP contribution in [0.4, 0.5) is 52.7 Å². The molecule has 0 amide bonds. The van der Waals surface area contributed by atoms with Crippen molar-refractivity contribution in [2.75, 3.05) is 14.2 Å². The summed E-state index contributed by atoms with van der Waals surface area (Å²) in [5, 5.41) is -13.4. The molecule has 84 heavy (non-hydrogen) atoms. The maximum Gasteiger partial charge on any atom is 0.475 e. The van der Waals surface area contributed by atoms with Gasteiger partial charge >= 0.3 is 34.1 Å². The molecule has 11 nitrogen and oxygen atoms in total. The summed E-state index contributed by atoms with van der Waals surface area (Å²) in [5.41, 5.74) is 2.31. The molecule has 26 heteroatoms. The Kier molecular flexibility index (Phi) is 20.5. The zero-order valence-corrected chi connectivity index (χ0v) is 45.6. The van der Waals surface area contributed by atoms with Crippen molar-refractivity contribution in [3.05, 3.63) is 166 Å². The minimum atomic E-state index is -4.64. The molecular formula is C58H46F12O11S3. The van der Waals surface area contributed by atoms with Crippen LogP contribution in [0.2, 0.25) is 0 Å². The van der Waals surface area contributed by atoms with E-state index in [0.717, 1.165) is 42.0 Å². The average Bonchev–Trinajstić information content (AvgIpc) is 3.06. The minimum Gasteiger partial charge on any atom is -0.497 e. The predicted octanol–water partition coefficient (Wildman–Crippen LogP) is 16.6. The maximum absolute atomic E-state index is 13.5. The molecule has 0 saturated carbocycles. The van der Waals surface area contributed by atoms with E-state index in [1.807, 2.05) is 6.92 Å². The van der Waals surface area contributed by atoms with Gasteiger partial charge in [0.2, 0.25) is 0 Å². The van der Waals surface area contributed by atoms with Gasteiger partial charge in [0.05, 0.1) is 34.5 Å². The van der Waals surface area contributed by atoms with Gasteiger partial charge in [-0.2, -0.15) is 52.7 Å². The van der Waals surface area contributed by atoms with Crippen LogP contribution in [0.5, 0.6) is 28.7 Å². The highest BCUT2D eigenvalue weighted by Gasteiger charge is 2.65. The fourth-order valence-electron chi connectivity index (χ4n) is 7.67. The second-order valence-electron chi connectivity index (χ2n) is 18.0. The van der Waals surface area contributed by atoms with Crippen LogP contribution < -0.4 is 23.7 Å². The van der Waals surface area contributed by atoms with Crippen molar-refractivity contribution in [3.63, 3.8) is 0 Å². The molecule has 0 saturated heterocycles. The molecule has 0 aromatic heterocycles. The summed E-state index contributed by atoms with van der Waals surface area (Å²) in [6, 6.07) is 29.9. The Labute approximate surface area is 484 Å². The van der Waals surface area contributed by atoms with Gasteiger partial charge in [-0.05, 0) is 121 Å². The number of hydrogen-bond donors (Lipinski definition) is 0. The summed E-state index contributed by atoms with van der Waals surface area (Å²) in [5.74, 6) is -2.60. The molecular weight excluding hydrogens is 1200 g/mol. The highest BCUT2D eigenvalue weighted by Crippen LogP contribution is 2.57. The number of ether oxygens (including phenoxy) is 5. The lowest BCUT2D eigenvalue weighted by Gasteiger charge is -2.31. The van der Waals surface area contributed by atoms with Crippen molar-refractivity contribution < 1.29 is 105 Å². The van der Waals surface area contributed by atoms with E-state index in [2.05, 4.69) is 14.2 Å². The van der Waals surface area contributed by atoms with Crippen molar-refractivity contribution in [1.82, 2.24) is 0 Å². The second-order valence-corrected chi connectivity index (χ2v) is 21.5. The quantitative estimate of drug-likeness (QED) is 0.0630. The number of para-hydroxylation sites is 1. The number of hydrogen-bond acceptors (Lipinski definition) is 14. The molecule has 0 spiro atoms. The third-order valence-corrected chi connectivity index (χ3v) is 15.3. The molecule has 9 rings (SSSR count). The number of thioether (sulfide) groups is 3. The largest absolute Gasteiger partial charge is 0.497 e. The Hall–Kier alpha value is -7.45. The summed E-state index contributed by atoms with van der Waals surface area (Å²) in [7, 11) is 2.88. The van der Waals surface area contributed by atoms with Crippen LogP contribution in [-0.2, 0) is 0 Å². The Morgan fingerprint density at radius 1 is 0.393 bits per heavy atom. The lowest BCUT2D eigenvalue weighted by Crippen LogP contribution is -2.45. The van der Waals surface area contributed by atoms with Gasteiger partial charge in [0.1, 0.15) is 28.7 Å². The highest BCUT2D eigenvalue weighted by atomic mass is 32.2. The number of alkyl halides is 12. The van der Waals surface area contributed by atoms with Crippen molar-refractivity contribution in [2.24, 2.45) is 0 Å². The van der Waals surface area contributed by atoms with Crippen LogP contribution in [0.15, 0.2) is 142 Å². The van der Waals surface area contributed by atoms with E-state index in [-0.39, 0.29) is 130 Å². The Balaban J connectivity index is 0.000000201. The molecule has 3 aliphatic heterocycles. The monoisotopic (exact) mass is 1240 g/mol. The summed E-state index contributed by atoms with van der Waals surface area (Å²) in [6.45, 7) is 1.88. The van der Waals surface area contributed by atoms with Gasteiger partial charge in [0, 0.05) is 66.3 Å². The zero-order chi connectivity index (χ0) is 60.9. The molecule has 3 aliphatic rings. The molecule has 0 radical (unpaired) electrons. The summed E-state index contributed by atoms with van der Waals surface area (Å²) in [6.07, 6.45) is -14.6. The van der Waals surface area contributed by atoms with Crippen LogP contribution in [0.1, 0.15) is 114 Å². The lowest BCUT2D eigenvalue weighted by atomic mass is 10.0. The van der Waals surface area contributed by atoms with Crippen molar-refractivity contribution in [3.8, 4) is 28.7 Å². The lowest BCUT2D eigenvalue weighted by molar-refractivity contribution is -0.273. The van der Waals surface area contributed by atoms with E-state index >= 15 is 0 Å². The number of carbonyl (C=O) groups excluding carboxylic acids is 6. The first kappa shape index (κ1) is 65.7. The van der Waals surface area contributed by atoms with Gasteiger partial charge in [-0.1, -0.05) is 61.5 Å². The van der Waals surface area contributed by atoms with Gasteiger partial charge in [-0.15, -0.1) is 0 Å². The van der Waals surface area contributed by atoms with Gasteiger partial charge in [0.15, 0.2) is 34.7 Å². The number of methoxy groups -OCH3 is 2. The van der Waals surface area contributed by atoms with Crippen LogP contribution >= 0.6 is 35.3 Å². The van der Waals surface area contributed by atoms with E-state index in [1.165, 1.54) is 32.4 Å². The number of fused-ring (bicyclic) bond motifs is 3. The maximum atomic E-state index is 13.5. The molecule has 6 aromatic rings. The Bertz CT molecular complexity index is 3470. The van der Waals surface area contributed by atoms with Crippen LogP contribution in [0.25, 0.3) is 0 Å². The standard InChI is InChI=1S/2C19H14F4O4S.C19H14F4O3S.CH4/c1-26-13-4-2-3-11(9-13)14(24)6-7-15(25)12-5-8-16-17(10-12)28-19(22,23)18(20,21)27-16;1-26-15-5-3-2-4-12(15)14(25)8-7-13(24)11-6-9-16-17(10-11)28-19(22,23)18(20,21)27-16;1-11-2-4-12(5-3-11)14(24)7-8-15(25)13-6-9-16-17(10-13)27-19(22,23)18(20,21)26-16;/h2-5,8-10H,6-7H2,1H3;2-6,9-10H,7-8H2,1H3;2-6,9-10H,7-8H2,1H3;1H4. The summed E-state index contributed by atoms with van der Waals surface area (Å²) >= 11 is -1.08. The smallest absolute Gasteiger partial charge is 0.475 e. The molecule has 3 heterocycles. The second kappa shape index (κ2) is 26.2. The van der Waals surface area contributed by atoms with E-state index in [0.29, 0.717) is 28.2 Å². The SMILES string of the molecule is C.COc1cccc(C(=O)CCC(=O)c2ccc3c(c2)SC(F)(F)C(F)(F)O3)c1.COc1ccccc1C(=O)CCC(=O)c1ccc2c(c1)SC(F)(F)C(F)(F)O2.Cc1ccc(C(=O)CCC(=O)c2ccc3c(c2)SC(F)(F)C(F)(F)O3)cc1. The van der Waals surface area contributed by atoms with E-state index in [1.54, 1.807) is 72.8 Å². The minimum absolute atomic E-state index is 0. The number of aryl methyl sites for hydroxylation is 1. The fraction of sp³-hybridized carbons (Fsp3) is 0.276. The number of benzene rings is 6. The number of Topliss-reactive ketones (excluding diaryl/α,β-unsaturated/α-hetero) is 6. The number of halogens is 12. The van der Waals surface area contributed by atoms with E-state index < -0.39 is 68.7 Å². The molecule has 0 bridgehead atoms. The molecule has 0 unspecified atom stereocenters. The molecule has 6 aromatic carbocycles. The number of ketones is 6. The van der Waals surface area contributed by atoms with Gasteiger partial charge in [-0.3, -0.25) is 28.8 Å². The molecule has 0 N–H and O–H groups in total. The molecule has 446 valence electrons. The van der Waals surface area contributed by atoms with Crippen LogP contribution in [0.3, 0.4) is 0 Å². The van der Waals surface area contributed by atoms with Crippen LogP contribution in [-0.4, -0.2) is 83.0 Å². The first-order chi connectivity index (χ1) is 38.9. The first-order valence-corrected chi connectivity index (χ1v) is 26.7.